The molecule has 0 unspecified atom stereocenters. The molecule has 2 rings (SSSR count). The summed E-state index contributed by atoms with van der Waals surface area (Å²) >= 11 is 0. The van der Waals surface area contributed by atoms with Crippen LogP contribution in [0.15, 0.2) is 29.3 Å². The summed E-state index contributed by atoms with van der Waals surface area (Å²) in [6.45, 7) is 5.52. The number of nitrogens with zero attached hydrogens (tertiary/aromatic N) is 2. The van der Waals surface area contributed by atoms with Gasteiger partial charge in [-0.15, -0.1) is 0 Å². The molecular weight excluding hydrogens is 262 g/mol. The van der Waals surface area contributed by atoms with Crippen molar-refractivity contribution in [2.45, 2.75) is 25.7 Å². The molecule has 2 aromatic rings. The van der Waals surface area contributed by atoms with Gasteiger partial charge < -0.3 is 0 Å². The Labute approximate surface area is 113 Å². The lowest BCUT2D eigenvalue weighted by atomic mass is 10.1. The minimum absolute atomic E-state index is 0.205. The van der Waals surface area contributed by atoms with E-state index >= 15 is 0 Å². The number of benzene rings is 1. The van der Waals surface area contributed by atoms with E-state index in [4.69, 9.17) is 0 Å². The van der Waals surface area contributed by atoms with Gasteiger partial charge >= 0.3 is 0 Å². The molecule has 0 saturated heterocycles. The Morgan fingerprint density at radius 3 is 2.47 bits per heavy atom. The van der Waals surface area contributed by atoms with E-state index in [1.54, 1.807) is 14.0 Å². The highest BCUT2D eigenvalue weighted by atomic mass is 32.2. The third kappa shape index (κ3) is 2.63. The minimum Gasteiger partial charge on any atom is -0.279 e. The Balaban J connectivity index is 2.42. The van der Waals surface area contributed by atoms with Gasteiger partial charge in [0.15, 0.2) is 0 Å². The van der Waals surface area contributed by atoms with Crippen molar-refractivity contribution < 1.29 is 8.42 Å². The molecule has 1 N–H and O–H groups in total. The molecule has 0 saturated carbocycles. The quantitative estimate of drug-likeness (QED) is 0.936. The van der Waals surface area contributed by atoms with E-state index < -0.39 is 10.0 Å². The third-order valence-corrected chi connectivity index (χ3v) is 4.59. The van der Waals surface area contributed by atoms with Crippen molar-refractivity contribution in [3.8, 4) is 0 Å². The van der Waals surface area contributed by atoms with E-state index in [9.17, 15) is 8.42 Å². The molecule has 0 radical (unpaired) electrons. The zero-order chi connectivity index (χ0) is 14.2. The maximum atomic E-state index is 12.3. The fourth-order valence-electron chi connectivity index (χ4n) is 1.79. The van der Waals surface area contributed by atoms with E-state index in [-0.39, 0.29) is 4.90 Å². The highest BCUT2D eigenvalue weighted by Crippen LogP contribution is 2.22. The Morgan fingerprint density at radius 2 is 1.89 bits per heavy atom. The molecule has 1 aromatic heterocycles. The molecule has 1 aromatic carbocycles. The van der Waals surface area contributed by atoms with E-state index in [1.807, 2.05) is 32.0 Å². The molecule has 1 heterocycles. The van der Waals surface area contributed by atoms with Crippen LogP contribution in [0.25, 0.3) is 0 Å². The van der Waals surface area contributed by atoms with E-state index in [0.717, 1.165) is 11.1 Å². The minimum atomic E-state index is -3.60. The zero-order valence-corrected chi connectivity index (χ0v) is 12.2. The van der Waals surface area contributed by atoms with Gasteiger partial charge in [-0.3, -0.25) is 9.40 Å². The van der Waals surface area contributed by atoms with Crippen LogP contribution >= 0.6 is 0 Å². The average Bonchev–Trinajstić information content (AvgIpc) is 2.65. The van der Waals surface area contributed by atoms with Gasteiger partial charge in [0.25, 0.3) is 10.0 Å². The summed E-state index contributed by atoms with van der Waals surface area (Å²) in [4.78, 5) is 0.205. The molecule has 0 aliphatic carbocycles. The number of aryl methyl sites for hydroxylation is 3. The molecule has 19 heavy (non-hydrogen) atoms. The fourth-order valence-corrected chi connectivity index (χ4v) is 3.11. The Bertz CT molecular complexity index is 717. The number of anilines is 1. The van der Waals surface area contributed by atoms with E-state index in [1.165, 1.54) is 10.9 Å². The van der Waals surface area contributed by atoms with Crippen molar-refractivity contribution in [3.05, 3.63) is 41.2 Å². The first-order valence-corrected chi connectivity index (χ1v) is 7.38. The Morgan fingerprint density at radius 1 is 1.21 bits per heavy atom. The lowest BCUT2D eigenvalue weighted by Gasteiger charge is -2.11. The van der Waals surface area contributed by atoms with Gasteiger partial charge in [0.05, 0.1) is 17.6 Å². The standard InChI is InChI=1S/C13H17N3O2S/c1-9-5-6-10(2)12(7-9)15-19(17,18)13-8-14-16(4)11(13)3/h5-8,15H,1-4H3. The molecule has 0 aliphatic rings. The Kier molecular flexibility index (Phi) is 3.36. The number of rotatable bonds is 3. The van der Waals surface area contributed by atoms with Gasteiger partial charge in [-0.2, -0.15) is 5.10 Å². The van der Waals surface area contributed by atoms with Crippen LogP contribution in [-0.2, 0) is 17.1 Å². The number of nitrogens with one attached hydrogen (secondary N) is 1. The van der Waals surface area contributed by atoms with Gasteiger partial charge in [-0.05, 0) is 38.0 Å². The molecule has 0 fully saturated rings. The molecule has 6 heteroatoms. The number of hydrogen-bond donors (Lipinski definition) is 1. The predicted molar refractivity (Wildman–Crippen MR) is 74.7 cm³/mol. The summed E-state index contributed by atoms with van der Waals surface area (Å²) in [6, 6.07) is 5.66. The van der Waals surface area contributed by atoms with Crippen molar-refractivity contribution >= 4 is 15.7 Å². The summed E-state index contributed by atoms with van der Waals surface area (Å²) in [7, 11) is -1.88. The van der Waals surface area contributed by atoms with Crippen LogP contribution < -0.4 is 4.72 Å². The zero-order valence-electron chi connectivity index (χ0n) is 11.4. The summed E-state index contributed by atoms with van der Waals surface area (Å²) in [5.74, 6) is 0. The van der Waals surface area contributed by atoms with Gasteiger partial charge in [0.2, 0.25) is 0 Å². The van der Waals surface area contributed by atoms with Crippen molar-refractivity contribution in [3.63, 3.8) is 0 Å². The molecule has 0 bridgehead atoms. The lowest BCUT2D eigenvalue weighted by molar-refractivity contribution is 0.600. The van der Waals surface area contributed by atoms with Crippen molar-refractivity contribution in [2.75, 3.05) is 4.72 Å². The van der Waals surface area contributed by atoms with Crippen LogP contribution in [0.2, 0.25) is 0 Å². The highest BCUT2D eigenvalue weighted by Gasteiger charge is 2.20. The SMILES string of the molecule is Cc1ccc(C)c(NS(=O)(=O)c2cnn(C)c2C)c1. The van der Waals surface area contributed by atoms with Crippen LogP contribution in [0.3, 0.4) is 0 Å². The fraction of sp³-hybridized carbons (Fsp3) is 0.308. The molecule has 0 spiro atoms. The molecule has 0 aliphatic heterocycles. The summed E-state index contributed by atoms with van der Waals surface area (Å²) in [5.41, 5.74) is 3.10. The predicted octanol–water partition coefficient (Wildman–Crippen LogP) is 2.15. The molecule has 5 nitrogen and oxygen atoms in total. The maximum absolute atomic E-state index is 12.3. The summed E-state index contributed by atoms with van der Waals surface area (Å²) in [5, 5.41) is 3.96. The van der Waals surface area contributed by atoms with Gasteiger partial charge in [-0.1, -0.05) is 12.1 Å². The summed E-state index contributed by atoms with van der Waals surface area (Å²) in [6.07, 6.45) is 1.36. The molecule has 0 atom stereocenters. The lowest BCUT2D eigenvalue weighted by Crippen LogP contribution is -2.14. The topological polar surface area (TPSA) is 64.0 Å². The monoisotopic (exact) mass is 279 g/mol. The van der Waals surface area contributed by atoms with E-state index in [0.29, 0.717) is 11.4 Å². The number of hydrogen-bond acceptors (Lipinski definition) is 3. The average molecular weight is 279 g/mol. The van der Waals surface area contributed by atoms with Crippen LogP contribution in [0.5, 0.6) is 0 Å². The maximum Gasteiger partial charge on any atom is 0.265 e. The molecular formula is C13H17N3O2S. The number of sulfonamides is 1. The second kappa shape index (κ2) is 4.70. The van der Waals surface area contributed by atoms with Crippen molar-refractivity contribution in [1.82, 2.24) is 9.78 Å². The largest absolute Gasteiger partial charge is 0.279 e. The van der Waals surface area contributed by atoms with Crippen LogP contribution in [-0.4, -0.2) is 18.2 Å². The summed E-state index contributed by atoms with van der Waals surface area (Å²) < 4.78 is 28.8. The second-order valence-electron chi connectivity index (χ2n) is 4.64. The Hall–Kier alpha value is -1.82. The molecule has 102 valence electrons. The first-order valence-electron chi connectivity index (χ1n) is 5.90. The van der Waals surface area contributed by atoms with Crippen LogP contribution in [0.1, 0.15) is 16.8 Å². The van der Waals surface area contributed by atoms with E-state index in [2.05, 4.69) is 9.82 Å². The smallest absolute Gasteiger partial charge is 0.265 e. The third-order valence-electron chi connectivity index (χ3n) is 3.12. The second-order valence-corrected chi connectivity index (χ2v) is 6.29. The van der Waals surface area contributed by atoms with Crippen molar-refractivity contribution in [1.29, 1.82) is 0 Å². The van der Waals surface area contributed by atoms with Gasteiger partial charge in [-0.25, -0.2) is 8.42 Å². The number of aromatic nitrogens is 2. The van der Waals surface area contributed by atoms with Gasteiger partial charge in [0, 0.05) is 7.05 Å². The van der Waals surface area contributed by atoms with Gasteiger partial charge in [0.1, 0.15) is 4.90 Å². The van der Waals surface area contributed by atoms with Crippen LogP contribution in [0.4, 0.5) is 5.69 Å². The first kappa shape index (κ1) is 13.6. The highest BCUT2D eigenvalue weighted by molar-refractivity contribution is 7.92. The molecule has 0 amide bonds. The van der Waals surface area contributed by atoms with Crippen molar-refractivity contribution in [2.24, 2.45) is 7.05 Å². The van der Waals surface area contributed by atoms with Crippen LogP contribution in [0, 0.1) is 20.8 Å². The normalized spacial score (nSPS) is 11.6. The first-order chi connectivity index (χ1) is 8.81.